The van der Waals surface area contributed by atoms with Crippen molar-refractivity contribution in [3.63, 3.8) is 0 Å². The first-order valence-electron chi connectivity index (χ1n) is 4.72. The molecule has 2 aromatic heterocycles. The molecule has 0 amide bonds. The van der Waals surface area contributed by atoms with Gasteiger partial charge in [0.25, 0.3) is 0 Å². The zero-order valence-electron chi connectivity index (χ0n) is 8.14. The summed E-state index contributed by atoms with van der Waals surface area (Å²) in [6.45, 7) is 0.793. The molecule has 0 bridgehead atoms. The van der Waals surface area contributed by atoms with E-state index in [2.05, 4.69) is 33.1 Å². The van der Waals surface area contributed by atoms with Crippen molar-refractivity contribution in [3.8, 4) is 11.3 Å². The average molecular weight is 220 g/mol. The lowest BCUT2D eigenvalue weighted by molar-refractivity contribution is 1.02. The number of aromatic amines is 1. The van der Waals surface area contributed by atoms with Crippen molar-refractivity contribution < 1.29 is 0 Å². The fourth-order valence-corrected chi connectivity index (χ4v) is 1.36. The fourth-order valence-electron chi connectivity index (χ4n) is 1.25. The number of hydrogen-bond acceptors (Lipinski definition) is 4. The Labute approximate surface area is 93.5 Å². The predicted octanol–water partition coefficient (Wildman–Crippen LogP) is 1.81. The van der Waals surface area contributed by atoms with E-state index in [0.717, 1.165) is 29.4 Å². The van der Waals surface area contributed by atoms with Crippen molar-refractivity contribution in [1.82, 2.24) is 15.2 Å². The lowest BCUT2D eigenvalue weighted by atomic mass is 10.2. The predicted molar refractivity (Wildman–Crippen MR) is 64.2 cm³/mol. The Balaban J connectivity index is 2.11. The lowest BCUT2D eigenvalue weighted by Crippen LogP contribution is -2.04. The van der Waals surface area contributed by atoms with Gasteiger partial charge < -0.3 is 10.3 Å². The second-order valence-electron chi connectivity index (χ2n) is 3.05. The molecular formula is C10H12N4S. The molecule has 0 aliphatic carbocycles. The van der Waals surface area contributed by atoms with Crippen LogP contribution in [0, 0.1) is 0 Å². The van der Waals surface area contributed by atoms with Crippen LogP contribution in [0.1, 0.15) is 0 Å². The first-order chi connectivity index (χ1) is 7.40. The number of rotatable bonds is 4. The number of anilines is 1. The van der Waals surface area contributed by atoms with Gasteiger partial charge in [-0.3, -0.25) is 0 Å². The van der Waals surface area contributed by atoms with Crippen molar-refractivity contribution in [3.05, 3.63) is 30.6 Å². The smallest absolute Gasteiger partial charge is 0.148 e. The first-order valence-corrected chi connectivity index (χ1v) is 5.35. The van der Waals surface area contributed by atoms with E-state index < -0.39 is 0 Å². The number of nitrogens with one attached hydrogen (secondary N) is 2. The maximum atomic E-state index is 4.12. The van der Waals surface area contributed by atoms with Crippen molar-refractivity contribution in [1.29, 1.82) is 0 Å². The van der Waals surface area contributed by atoms with Crippen LogP contribution in [0.3, 0.4) is 0 Å². The van der Waals surface area contributed by atoms with Gasteiger partial charge in [0, 0.05) is 30.3 Å². The molecule has 0 atom stereocenters. The summed E-state index contributed by atoms with van der Waals surface area (Å²) in [6.07, 6.45) is 3.76. The minimum atomic E-state index is 0.779. The molecule has 78 valence electrons. The normalized spacial score (nSPS) is 10.2. The molecule has 2 rings (SSSR count). The largest absolute Gasteiger partial charge is 0.368 e. The molecule has 5 heteroatoms. The topological polar surface area (TPSA) is 53.6 Å². The highest BCUT2D eigenvalue weighted by Crippen LogP contribution is 2.15. The summed E-state index contributed by atoms with van der Waals surface area (Å²) in [4.78, 5) is 2.98. The maximum absolute atomic E-state index is 4.12. The molecule has 0 spiro atoms. The van der Waals surface area contributed by atoms with Gasteiger partial charge >= 0.3 is 0 Å². The average Bonchev–Trinajstić information content (AvgIpc) is 2.80. The molecule has 0 radical (unpaired) electrons. The van der Waals surface area contributed by atoms with Gasteiger partial charge in [-0.25, -0.2) is 0 Å². The van der Waals surface area contributed by atoms with E-state index in [-0.39, 0.29) is 0 Å². The highest BCUT2D eigenvalue weighted by atomic mass is 32.1. The minimum Gasteiger partial charge on any atom is -0.368 e. The third-order valence-corrected chi connectivity index (χ3v) is 2.20. The molecule has 0 aromatic carbocycles. The third-order valence-electron chi connectivity index (χ3n) is 1.98. The van der Waals surface area contributed by atoms with Gasteiger partial charge in [-0.1, -0.05) is 0 Å². The number of H-pyrrole nitrogens is 1. The van der Waals surface area contributed by atoms with Gasteiger partial charge in [-0.15, -0.1) is 10.2 Å². The van der Waals surface area contributed by atoms with Crippen LogP contribution >= 0.6 is 12.6 Å². The number of aromatic nitrogens is 3. The van der Waals surface area contributed by atoms with Gasteiger partial charge in [0.15, 0.2) is 0 Å². The third kappa shape index (κ3) is 2.50. The summed E-state index contributed by atoms with van der Waals surface area (Å²) < 4.78 is 0. The van der Waals surface area contributed by atoms with E-state index in [0.29, 0.717) is 0 Å². The summed E-state index contributed by atoms with van der Waals surface area (Å²) in [6, 6.07) is 5.82. The zero-order valence-corrected chi connectivity index (χ0v) is 9.04. The second kappa shape index (κ2) is 4.84. The van der Waals surface area contributed by atoms with Gasteiger partial charge in [0.2, 0.25) is 0 Å². The number of nitrogens with zero attached hydrogens (tertiary/aromatic N) is 2. The summed E-state index contributed by atoms with van der Waals surface area (Å²) in [5.74, 6) is 1.56. The molecule has 15 heavy (non-hydrogen) atoms. The van der Waals surface area contributed by atoms with E-state index in [1.165, 1.54) is 0 Å². The molecule has 0 unspecified atom stereocenters. The Morgan fingerprint density at radius 2 is 2.20 bits per heavy atom. The lowest BCUT2D eigenvalue weighted by Gasteiger charge is -2.02. The van der Waals surface area contributed by atoms with Crippen molar-refractivity contribution in [2.24, 2.45) is 0 Å². The molecule has 0 fully saturated rings. The Morgan fingerprint density at radius 3 is 2.80 bits per heavy atom. The quantitative estimate of drug-likeness (QED) is 0.689. The Kier molecular flexibility index (Phi) is 3.24. The zero-order chi connectivity index (χ0) is 10.5. The highest BCUT2D eigenvalue weighted by Gasteiger charge is 2.00. The first kappa shape index (κ1) is 10.0. The highest BCUT2D eigenvalue weighted by molar-refractivity contribution is 7.80. The molecule has 2 heterocycles. The summed E-state index contributed by atoms with van der Waals surface area (Å²) in [7, 11) is 0. The van der Waals surface area contributed by atoms with E-state index in [4.69, 9.17) is 0 Å². The van der Waals surface area contributed by atoms with Crippen LogP contribution in [0.15, 0.2) is 30.6 Å². The van der Waals surface area contributed by atoms with Crippen LogP contribution in [-0.2, 0) is 0 Å². The minimum absolute atomic E-state index is 0.779. The van der Waals surface area contributed by atoms with Crippen LogP contribution in [0.2, 0.25) is 0 Å². The molecular weight excluding hydrogens is 208 g/mol. The van der Waals surface area contributed by atoms with Gasteiger partial charge in [0.05, 0.1) is 5.69 Å². The van der Waals surface area contributed by atoms with Gasteiger partial charge in [-0.2, -0.15) is 12.6 Å². The molecule has 4 nitrogen and oxygen atoms in total. The Hall–Kier alpha value is -1.49. The molecule has 0 saturated carbocycles. The van der Waals surface area contributed by atoms with Gasteiger partial charge in [0.1, 0.15) is 5.82 Å². The van der Waals surface area contributed by atoms with Crippen LogP contribution in [-0.4, -0.2) is 27.5 Å². The van der Waals surface area contributed by atoms with E-state index in [1.807, 2.05) is 30.6 Å². The van der Waals surface area contributed by atoms with E-state index in [9.17, 15) is 0 Å². The summed E-state index contributed by atoms with van der Waals surface area (Å²) in [5, 5.41) is 11.3. The summed E-state index contributed by atoms with van der Waals surface area (Å²) >= 11 is 4.11. The number of hydrogen-bond donors (Lipinski definition) is 3. The molecule has 2 N–H and O–H groups in total. The monoisotopic (exact) mass is 220 g/mol. The van der Waals surface area contributed by atoms with Crippen molar-refractivity contribution >= 4 is 18.4 Å². The molecule has 2 aromatic rings. The SMILES string of the molecule is SCCNc1ccc(-c2cc[nH]c2)nn1. The Bertz CT molecular complexity index is 396. The van der Waals surface area contributed by atoms with Crippen molar-refractivity contribution in [2.45, 2.75) is 0 Å². The van der Waals surface area contributed by atoms with Crippen molar-refractivity contribution in [2.75, 3.05) is 17.6 Å². The van der Waals surface area contributed by atoms with Crippen LogP contribution in [0.5, 0.6) is 0 Å². The van der Waals surface area contributed by atoms with E-state index in [1.54, 1.807) is 0 Å². The molecule has 0 aliphatic heterocycles. The Morgan fingerprint density at radius 1 is 1.27 bits per heavy atom. The second-order valence-corrected chi connectivity index (χ2v) is 3.50. The standard InChI is InChI=1S/C10H12N4S/c15-6-5-12-10-2-1-9(13-14-10)8-3-4-11-7-8/h1-4,7,11,15H,5-6H2,(H,12,14). The fraction of sp³-hybridized carbons (Fsp3) is 0.200. The van der Waals surface area contributed by atoms with E-state index >= 15 is 0 Å². The van der Waals surface area contributed by atoms with Crippen LogP contribution in [0.25, 0.3) is 11.3 Å². The van der Waals surface area contributed by atoms with Gasteiger partial charge in [-0.05, 0) is 18.2 Å². The summed E-state index contributed by atoms with van der Waals surface area (Å²) in [5.41, 5.74) is 1.91. The van der Waals surface area contributed by atoms with Crippen LogP contribution in [0.4, 0.5) is 5.82 Å². The maximum Gasteiger partial charge on any atom is 0.148 e. The molecule has 0 aliphatic rings. The molecule has 0 saturated heterocycles. The van der Waals surface area contributed by atoms with Crippen LogP contribution < -0.4 is 5.32 Å². The number of thiol groups is 1.